The Balaban J connectivity index is 1.08. The van der Waals surface area contributed by atoms with Crippen LogP contribution in [0.5, 0.6) is 0 Å². The number of aromatic nitrogens is 6. The van der Waals surface area contributed by atoms with Gasteiger partial charge in [0.05, 0.1) is 23.5 Å². The third kappa shape index (κ3) is 4.22. The molecule has 9 nitrogen and oxygen atoms in total. The zero-order valence-electron chi connectivity index (χ0n) is 20.4. The Kier molecular flexibility index (Phi) is 5.38. The molecular weight excluding hydrogens is 492 g/mol. The molecule has 37 heavy (non-hydrogen) atoms. The number of H-pyrrole nitrogens is 1. The van der Waals surface area contributed by atoms with Gasteiger partial charge in [0.2, 0.25) is 0 Å². The molecule has 0 saturated carbocycles. The van der Waals surface area contributed by atoms with Gasteiger partial charge in [0.1, 0.15) is 12.0 Å². The molecule has 2 fully saturated rings. The zero-order chi connectivity index (χ0) is 26.7. The summed E-state index contributed by atoms with van der Waals surface area (Å²) < 4.78 is 64.2. The van der Waals surface area contributed by atoms with Crippen LogP contribution in [0.25, 0.3) is 22.3 Å². The number of nitrogens with one attached hydrogen (secondary N) is 1. The molecule has 13 heteroatoms. The third-order valence-corrected chi connectivity index (χ3v) is 6.93. The van der Waals surface area contributed by atoms with Crippen LogP contribution in [-0.4, -0.2) is 77.6 Å². The molecule has 192 valence electrons. The number of fused-ring (bicyclic) bond motifs is 1. The summed E-state index contributed by atoms with van der Waals surface area (Å²) in [5, 5.41) is 5.39. The van der Waals surface area contributed by atoms with E-state index < -0.39 is 35.2 Å². The van der Waals surface area contributed by atoms with Crippen molar-refractivity contribution in [3.8, 4) is 11.3 Å². The minimum atomic E-state index is -4.99. The lowest BCUT2D eigenvalue weighted by Crippen LogP contribution is -2.56. The van der Waals surface area contributed by atoms with Gasteiger partial charge in [-0.2, -0.15) is 18.3 Å². The molecule has 0 atom stereocenters. The number of likely N-dealkylation sites (tertiary alicyclic amines) is 2. The first-order valence-electron chi connectivity index (χ1n) is 12.2. The molecule has 0 radical (unpaired) electrons. The number of hydrogen-bond acceptors (Lipinski definition) is 6. The number of nitrogens with zero attached hydrogens (tertiary/aromatic N) is 7. The van der Waals surface area contributed by atoms with Gasteiger partial charge in [-0.3, -0.25) is 14.4 Å². The van der Waals surface area contributed by atoms with Crippen LogP contribution in [0, 0.1) is 5.82 Å². The number of hydrogen-bond donors (Lipinski definition) is 1. The Morgan fingerprint density at radius 3 is 2.68 bits per heavy atom. The van der Waals surface area contributed by atoms with Gasteiger partial charge in [-0.25, -0.2) is 19.3 Å². The highest BCUT2D eigenvalue weighted by molar-refractivity contribution is 5.94. The first-order chi connectivity index (χ1) is 18.1. The van der Waals surface area contributed by atoms with Crippen LogP contribution >= 0.6 is 0 Å². The second-order valence-electron chi connectivity index (χ2n) is 9.11. The van der Waals surface area contributed by atoms with Crippen LogP contribution in [0.4, 0.5) is 17.6 Å². The molecule has 1 N–H and O–H groups in total. The van der Waals surface area contributed by atoms with Crippen molar-refractivity contribution in [2.24, 2.45) is 0 Å². The Morgan fingerprint density at radius 2 is 1.92 bits per heavy atom. The first kappa shape index (κ1) is 22.3. The molecule has 4 aromatic rings. The highest BCUT2D eigenvalue weighted by atomic mass is 19.4. The number of carbonyl (C=O) groups is 1. The van der Waals surface area contributed by atoms with Crippen molar-refractivity contribution < 1.29 is 23.7 Å². The number of carbonyl (C=O) groups excluding carboxylic acids is 1. The summed E-state index contributed by atoms with van der Waals surface area (Å²) >= 11 is 0. The molecule has 2 aliphatic rings. The Labute approximate surface area is 209 Å². The molecule has 2 aliphatic heterocycles. The zero-order valence-corrected chi connectivity index (χ0v) is 19.4. The van der Waals surface area contributed by atoms with Crippen molar-refractivity contribution in [3.05, 3.63) is 60.3 Å². The van der Waals surface area contributed by atoms with Gasteiger partial charge in [-0.05, 0) is 25.0 Å². The lowest BCUT2D eigenvalue weighted by Gasteiger charge is -2.47. The van der Waals surface area contributed by atoms with Crippen molar-refractivity contribution in [2.45, 2.75) is 31.1 Å². The van der Waals surface area contributed by atoms with Crippen LogP contribution in [0.3, 0.4) is 0 Å². The molecule has 6 heterocycles. The number of pyridine rings is 1. The minimum Gasteiger partial charge on any atom is -0.346 e. The van der Waals surface area contributed by atoms with Gasteiger partial charge in [0.25, 0.3) is 5.91 Å². The SMILES string of the molecule is [2H]C1(N2CC(n3cc(-c4ncnc5[nH]ccc45)cn3)C2)CCN(C(=O)c2ccnc(C(F)(F)F)c2F)CC1. The Bertz CT molecular complexity index is 1500. The summed E-state index contributed by atoms with van der Waals surface area (Å²) in [6.07, 6.45) is 3.35. The van der Waals surface area contributed by atoms with Gasteiger partial charge < -0.3 is 9.88 Å². The van der Waals surface area contributed by atoms with E-state index in [-0.39, 0.29) is 19.1 Å². The van der Waals surface area contributed by atoms with E-state index >= 15 is 0 Å². The smallest absolute Gasteiger partial charge is 0.346 e. The summed E-state index contributed by atoms with van der Waals surface area (Å²) in [5.74, 6) is -2.50. The Hall–Kier alpha value is -3.87. The van der Waals surface area contributed by atoms with Crippen LogP contribution < -0.4 is 0 Å². The lowest BCUT2D eigenvalue weighted by molar-refractivity contribution is -0.143. The molecule has 0 unspecified atom stereocenters. The van der Waals surface area contributed by atoms with Crippen molar-refractivity contribution >= 4 is 16.9 Å². The van der Waals surface area contributed by atoms with E-state index in [9.17, 15) is 22.4 Å². The number of amides is 1. The molecule has 0 spiro atoms. The summed E-state index contributed by atoms with van der Waals surface area (Å²) in [6, 6.07) is 2.00. The van der Waals surface area contributed by atoms with E-state index in [1.807, 2.05) is 21.8 Å². The van der Waals surface area contributed by atoms with Gasteiger partial charge in [-0.15, -0.1) is 0 Å². The molecule has 6 rings (SSSR count). The average Bonchev–Trinajstić information content (AvgIpc) is 3.52. The van der Waals surface area contributed by atoms with Crippen molar-refractivity contribution in [1.82, 2.24) is 39.5 Å². The molecular formula is C24H22F4N8O. The highest BCUT2D eigenvalue weighted by Crippen LogP contribution is 2.33. The van der Waals surface area contributed by atoms with Gasteiger partial charge in [0, 0.05) is 63.1 Å². The summed E-state index contributed by atoms with van der Waals surface area (Å²) in [7, 11) is 0. The fourth-order valence-corrected chi connectivity index (χ4v) is 4.90. The third-order valence-electron chi connectivity index (χ3n) is 6.93. The average molecular weight is 515 g/mol. The number of piperidine rings is 1. The Morgan fingerprint density at radius 1 is 1.14 bits per heavy atom. The van der Waals surface area contributed by atoms with Crippen molar-refractivity contribution in [2.75, 3.05) is 26.2 Å². The standard InChI is InChI=1S/C24H22F4N8O/c25-19-17(1-5-29-21(19)24(26,27)28)23(37)34-7-3-15(4-8-34)35-11-16(12-35)36-10-14(9-33-36)20-18-2-6-30-22(18)32-13-31-20/h1-2,5-6,9-10,13,15-16H,3-4,7-8,11-12H2,(H,30,31,32)/i15D. The van der Waals surface area contributed by atoms with E-state index in [0.29, 0.717) is 25.9 Å². The maximum atomic E-state index is 14.4. The number of alkyl halides is 3. The van der Waals surface area contributed by atoms with E-state index in [4.69, 9.17) is 1.37 Å². The van der Waals surface area contributed by atoms with Crippen molar-refractivity contribution in [1.29, 1.82) is 0 Å². The molecule has 0 aliphatic carbocycles. The largest absolute Gasteiger partial charge is 0.436 e. The minimum absolute atomic E-state index is 0.0703. The van der Waals surface area contributed by atoms with Crippen molar-refractivity contribution in [3.63, 3.8) is 0 Å². The van der Waals surface area contributed by atoms with E-state index in [2.05, 4.69) is 25.0 Å². The maximum absolute atomic E-state index is 14.4. The predicted molar refractivity (Wildman–Crippen MR) is 124 cm³/mol. The summed E-state index contributed by atoms with van der Waals surface area (Å²) in [4.78, 5) is 30.8. The monoisotopic (exact) mass is 515 g/mol. The van der Waals surface area contributed by atoms with E-state index in [0.717, 1.165) is 34.6 Å². The summed E-state index contributed by atoms with van der Waals surface area (Å²) in [5.41, 5.74) is 0.0105. The van der Waals surface area contributed by atoms with Gasteiger partial charge >= 0.3 is 6.18 Å². The van der Waals surface area contributed by atoms with E-state index in [1.165, 1.54) is 11.2 Å². The first-order valence-corrected chi connectivity index (χ1v) is 11.7. The molecule has 2 saturated heterocycles. The predicted octanol–water partition coefficient (Wildman–Crippen LogP) is 3.54. The summed E-state index contributed by atoms with van der Waals surface area (Å²) in [6.45, 7) is 1.46. The topological polar surface area (TPSA) is 95.8 Å². The van der Waals surface area contributed by atoms with Crippen LogP contribution in [0.15, 0.2) is 43.2 Å². The normalized spacial score (nSPS) is 19.1. The highest BCUT2D eigenvalue weighted by Gasteiger charge is 2.40. The van der Waals surface area contributed by atoms with Crippen LogP contribution in [0.2, 0.25) is 0 Å². The van der Waals surface area contributed by atoms with Crippen LogP contribution in [-0.2, 0) is 6.18 Å². The fourth-order valence-electron chi connectivity index (χ4n) is 4.90. The fraction of sp³-hybridized carbons (Fsp3) is 0.375. The number of rotatable bonds is 4. The number of aromatic amines is 1. The quantitative estimate of drug-likeness (QED) is 0.418. The van der Waals surface area contributed by atoms with Gasteiger partial charge in [-0.1, -0.05) is 0 Å². The maximum Gasteiger partial charge on any atom is 0.436 e. The molecule has 1 amide bonds. The second kappa shape index (κ2) is 8.91. The molecule has 0 aromatic carbocycles. The molecule has 0 bridgehead atoms. The van der Waals surface area contributed by atoms with Crippen LogP contribution in [0.1, 0.15) is 36.3 Å². The van der Waals surface area contributed by atoms with E-state index in [1.54, 1.807) is 12.4 Å². The van der Waals surface area contributed by atoms with Gasteiger partial charge in [0.15, 0.2) is 11.5 Å². The second-order valence-corrected chi connectivity index (χ2v) is 9.11. The molecule has 4 aromatic heterocycles. The number of halogens is 4. The lowest BCUT2D eigenvalue weighted by atomic mass is 9.97.